The van der Waals surface area contributed by atoms with Crippen molar-refractivity contribution in [3.63, 3.8) is 0 Å². The molecule has 1 heterocycles. The number of benzene rings is 1. The van der Waals surface area contributed by atoms with Gasteiger partial charge < -0.3 is 9.64 Å². The van der Waals surface area contributed by atoms with E-state index in [0.29, 0.717) is 6.04 Å². The first-order chi connectivity index (χ1) is 11.7. The molecule has 25 heavy (non-hydrogen) atoms. The lowest BCUT2D eigenvalue weighted by atomic mass is 10.0. The summed E-state index contributed by atoms with van der Waals surface area (Å²) in [5, 5.41) is 0.0964. The van der Waals surface area contributed by atoms with E-state index in [1.165, 1.54) is 29.6 Å². The number of hydrogen-bond acceptors (Lipinski definition) is 5. The van der Waals surface area contributed by atoms with E-state index in [0.717, 1.165) is 25.9 Å². The first-order valence-corrected chi connectivity index (χ1v) is 10.1. The molecule has 140 valence electrons. The van der Waals surface area contributed by atoms with Crippen molar-refractivity contribution in [3.05, 3.63) is 28.8 Å². The van der Waals surface area contributed by atoms with Gasteiger partial charge in [-0.2, -0.15) is 4.31 Å². The highest BCUT2D eigenvalue weighted by Gasteiger charge is 2.33. The van der Waals surface area contributed by atoms with Crippen LogP contribution in [0.2, 0.25) is 5.02 Å². The summed E-state index contributed by atoms with van der Waals surface area (Å²) in [7, 11) is -0.971. The van der Waals surface area contributed by atoms with Crippen LogP contribution in [0.15, 0.2) is 23.1 Å². The molecule has 0 radical (unpaired) electrons. The number of sulfonamides is 1. The summed E-state index contributed by atoms with van der Waals surface area (Å²) < 4.78 is 32.1. The molecule has 2 rings (SSSR count). The van der Waals surface area contributed by atoms with Crippen molar-refractivity contribution in [3.8, 4) is 0 Å². The van der Waals surface area contributed by atoms with E-state index in [-0.39, 0.29) is 21.5 Å². The van der Waals surface area contributed by atoms with E-state index < -0.39 is 16.0 Å². The third-order valence-corrected chi connectivity index (χ3v) is 7.14. The van der Waals surface area contributed by atoms with Gasteiger partial charge in [-0.1, -0.05) is 11.6 Å². The third-order valence-electron chi connectivity index (χ3n) is 4.75. The molecule has 0 bridgehead atoms. The van der Waals surface area contributed by atoms with Crippen LogP contribution in [-0.4, -0.2) is 62.9 Å². The molecule has 1 aliphatic heterocycles. The molecule has 0 aromatic heterocycles. The topological polar surface area (TPSA) is 66.9 Å². The van der Waals surface area contributed by atoms with Crippen LogP contribution in [0.4, 0.5) is 0 Å². The summed E-state index contributed by atoms with van der Waals surface area (Å²) in [4.78, 5) is 14.0. The number of halogens is 1. The maximum Gasteiger partial charge on any atom is 0.337 e. The Balaban J connectivity index is 2.25. The molecule has 0 saturated carbocycles. The summed E-state index contributed by atoms with van der Waals surface area (Å²) in [5.74, 6) is -0.596. The monoisotopic (exact) mass is 388 g/mol. The van der Waals surface area contributed by atoms with Gasteiger partial charge in [0, 0.05) is 19.1 Å². The number of methoxy groups -OCH3 is 1. The van der Waals surface area contributed by atoms with Crippen molar-refractivity contribution in [2.75, 3.05) is 27.2 Å². The van der Waals surface area contributed by atoms with Crippen molar-refractivity contribution >= 4 is 27.6 Å². The number of likely N-dealkylation sites (tertiary alicyclic amines) is 1. The fourth-order valence-electron chi connectivity index (χ4n) is 3.06. The smallest absolute Gasteiger partial charge is 0.337 e. The predicted molar refractivity (Wildman–Crippen MR) is 97.5 cm³/mol. The number of esters is 1. The molecule has 6 nitrogen and oxygen atoms in total. The van der Waals surface area contributed by atoms with E-state index in [4.69, 9.17) is 11.6 Å². The minimum absolute atomic E-state index is 0.0640. The van der Waals surface area contributed by atoms with Gasteiger partial charge in [-0.05, 0) is 58.0 Å². The largest absolute Gasteiger partial charge is 0.465 e. The Morgan fingerprint density at radius 1 is 1.32 bits per heavy atom. The van der Waals surface area contributed by atoms with E-state index in [2.05, 4.69) is 23.5 Å². The number of hydrogen-bond donors (Lipinski definition) is 0. The van der Waals surface area contributed by atoms with Gasteiger partial charge >= 0.3 is 5.97 Å². The van der Waals surface area contributed by atoms with Crippen LogP contribution in [0.1, 0.15) is 37.0 Å². The van der Waals surface area contributed by atoms with Gasteiger partial charge in [0.2, 0.25) is 10.0 Å². The highest BCUT2D eigenvalue weighted by Crippen LogP contribution is 2.29. The van der Waals surface area contributed by atoms with Crippen LogP contribution in [0.25, 0.3) is 0 Å². The quantitative estimate of drug-likeness (QED) is 0.725. The maximum absolute atomic E-state index is 13.0. The lowest BCUT2D eigenvalue weighted by Crippen LogP contribution is -2.47. The highest BCUT2D eigenvalue weighted by atomic mass is 35.5. The molecule has 1 aromatic carbocycles. The van der Waals surface area contributed by atoms with Crippen molar-refractivity contribution < 1.29 is 17.9 Å². The molecule has 1 aliphatic rings. The molecular formula is C17H25ClN2O4S. The van der Waals surface area contributed by atoms with Gasteiger partial charge in [0.25, 0.3) is 0 Å². The SMILES string of the molecule is COC(=O)c1ccc(Cl)c(S(=O)(=O)N(C)C2CCN(C(C)C)CC2)c1. The molecule has 0 aliphatic carbocycles. The van der Waals surface area contributed by atoms with Crippen molar-refractivity contribution in [1.82, 2.24) is 9.21 Å². The van der Waals surface area contributed by atoms with E-state index in [1.807, 2.05) is 0 Å². The van der Waals surface area contributed by atoms with Crippen molar-refractivity contribution in [1.29, 1.82) is 0 Å². The van der Waals surface area contributed by atoms with Gasteiger partial charge in [0.15, 0.2) is 0 Å². The Hall–Kier alpha value is -1.15. The molecule has 1 aromatic rings. The fourth-order valence-corrected chi connectivity index (χ4v) is 4.98. The molecule has 8 heteroatoms. The third kappa shape index (κ3) is 4.34. The Labute approximate surface area is 154 Å². The van der Waals surface area contributed by atoms with Crippen LogP contribution < -0.4 is 0 Å². The lowest BCUT2D eigenvalue weighted by molar-refractivity contribution is 0.0600. The minimum atomic E-state index is -3.80. The van der Waals surface area contributed by atoms with Gasteiger partial charge in [-0.25, -0.2) is 13.2 Å². The van der Waals surface area contributed by atoms with E-state index in [9.17, 15) is 13.2 Å². The Bertz CT molecular complexity index is 728. The molecule has 0 N–H and O–H groups in total. The molecular weight excluding hydrogens is 364 g/mol. The number of nitrogens with zero attached hydrogens (tertiary/aromatic N) is 2. The fraction of sp³-hybridized carbons (Fsp3) is 0.588. The van der Waals surface area contributed by atoms with Crippen LogP contribution in [0.5, 0.6) is 0 Å². The van der Waals surface area contributed by atoms with E-state index >= 15 is 0 Å². The van der Waals surface area contributed by atoms with Gasteiger partial charge in [-0.15, -0.1) is 0 Å². The number of carbonyl (C=O) groups is 1. The van der Waals surface area contributed by atoms with Crippen molar-refractivity contribution in [2.24, 2.45) is 0 Å². The lowest BCUT2D eigenvalue weighted by Gasteiger charge is -2.38. The zero-order valence-corrected chi connectivity index (χ0v) is 16.6. The first-order valence-electron chi connectivity index (χ1n) is 8.28. The predicted octanol–water partition coefficient (Wildman–Crippen LogP) is 2.62. The molecule has 0 unspecified atom stereocenters. The summed E-state index contributed by atoms with van der Waals surface area (Å²) in [5.41, 5.74) is 0.161. The summed E-state index contributed by atoms with van der Waals surface area (Å²) in [6, 6.07) is 4.51. The number of carbonyl (C=O) groups excluding carboxylic acids is 1. The van der Waals surface area contributed by atoms with Crippen LogP contribution in [-0.2, 0) is 14.8 Å². The van der Waals surface area contributed by atoms with Crippen LogP contribution >= 0.6 is 11.6 Å². The summed E-state index contributed by atoms with van der Waals surface area (Å²) >= 11 is 6.11. The molecule has 1 saturated heterocycles. The Morgan fingerprint density at radius 3 is 2.44 bits per heavy atom. The molecule has 0 spiro atoms. The average molecular weight is 389 g/mol. The Kier molecular flexibility index (Phi) is 6.48. The highest BCUT2D eigenvalue weighted by molar-refractivity contribution is 7.89. The van der Waals surface area contributed by atoms with Gasteiger partial charge in [0.1, 0.15) is 4.90 Å². The second-order valence-electron chi connectivity index (χ2n) is 6.52. The second-order valence-corrected chi connectivity index (χ2v) is 8.89. The maximum atomic E-state index is 13.0. The van der Waals surface area contributed by atoms with Crippen LogP contribution in [0, 0.1) is 0 Å². The van der Waals surface area contributed by atoms with Gasteiger partial charge in [0.05, 0.1) is 17.7 Å². The standard InChI is InChI=1S/C17H25ClN2O4S/c1-12(2)20-9-7-14(8-10-20)19(3)25(22,23)16-11-13(17(21)24-4)5-6-15(16)18/h5-6,11-12,14H,7-10H2,1-4H3. The second kappa shape index (κ2) is 8.03. The molecule has 1 fully saturated rings. The zero-order valence-electron chi connectivity index (χ0n) is 15.0. The number of ether oxygens (including phenoxy) is 1. The van der Waals surface area contributed by atoms with Crippen molar-refractivity contribution in [2.45, 2.75) is 43.7 Å². The van der Waals surface area contributed by atoms with E-state index in [1.54, 1.807) is 7.05 Å². The number of piperidine rings is 1. The zero-order chi connectivity index (χ0) is 18.8. The van der Waals surface area contributed by atoms with Gasteiger partial charge in [-0.3, -0.25) is 0 Å². The summed E-state index contributed by atoms with van der Waals surface area (Å²) in [6.45, 7) is 5.99. The minimum Gasteiger partial charge on any atom is -0.465 e. The first kappa shape index (κ1) is 20.2. The molecule has 0 atom stereocenters. The Morgan fingerprint density at radius 2 is 1.92 bits per heavy atom. The molecule has 0 amide bonds. The number of rotatable bonds is 5. The average Bonchev–Trinajstić information content (AvgIpc) is 2.60. The normalized spacial score (nSPS) is 17.2. The summed E-state index contributed by atoms with van der Waals surface area (Å²) in [6.07, 6.45) is 1.53. The van der Waals surface area contributed by atoms with Crippen LogP contribution in [0.3, 0.4) is 0 Å².